The van der Waals surface area contributed by atoms with Gasteiger partial charge in [-0.3, -0.25) is 0 Å². The molecule has 0 unspecified atom stereocenters. The van der Waals surface area contributed by atoms with Crippen molar-refractivity contribution in [1.82, 2.24) is 15.5 Å². The van der Waals surface area contributed by atoms with E-state index in [-0.39, 0.29) is 0 Å². The molecule has 0 spiro atoms. The Balaban J connectivity index is 1.53. The van der Waals surface area contributed by atoms with Crippen molar-refractivity contribution >= 4 is 0 Å². The maximum absolute atomic E-state index is 4.64. The van der Waals surface area contributed by atoms with Crippen LogP contribution in [0, 0.1) is 5.92 Å². The minimum Gasteiger partial charge on any atom is -0.343 e. The number of nitrogens with zero attached hydrogens (tertiary/aromatic N) is 2. The molecule has 0 aromatic carbocycles. The van der Waals surface area contributed by atoms with E-state index in [0.29, 0.717) is 0 Å². The zero-order valence-corrected chi connectivity index (χ0v) is 7.70. The topological polar surface area (TPSA) is 51.0 Å². The number of nitrogens with one attached hydrogen (secondary N) is 1. The summed E-state index contributed by atoms with van der Waals surface area (Å²) >= 11 is 0. The second-order valence-corrected chi connectivity index (χ2v) is 3.60. The summed E-state index contributed by atoms with van der Waals surface area (Å²) in [5, 5.41) is 7.14. The van der Waals surface area contributed by atoms with Crippen LogP contribution in [0.4, 0.5) is 0 Å². The average Bonchev–Trinajstić information content (AvgIpc) is 2.53. The molecule has 4 heteroatoms. The molecule has 1 aromatic heterocycles. The van der Waals surface area contributed by atoms with Crippen molar-refractivity contribution in [3.63, 3.8) is 0 Å². The monoisotopic (exact) mass is 181 g/mol. The standard InChI is InChI=1S/C9H15N3O/c1-2-8(3-1)6-10-5-4-9-11-7-13-12-9/h7-8,10H,1-6H2. The lowest BCUT2D eigenvalue weighted by Gasteiger charge is -2.25. The third-order valence-electron chi connectivity index (χ3n) is 2.59. The first-order valence-corrected chi connectivity index (χ1v) is 4.91. The summed E-state index contributed by atoms with van der Waals surface area (Å²) < 4.78 is 4.64. The molecule has 1 aromatic rings. The molecule has 4 nitrogen and oxygen atoms in total. The Labute approximate surface area is 77.7 Å². The highest BCUT2D eigenvalue weighted by atomic mass is 16.5. The summed E-state index contributed by atoms with van der Waals surface area (Å²) in [6.45, 7) is 2.11. The minimum atomic E-state index is 0.793. The quantitative estimate of drug-likeness (QED) is 0.688. The minimum absolute atomic E-state index is 0.793. The fourth-order valence-electron chi connectivity index (χ4n) is 1.51. The molecule has 13 heavy (non-hydrogen) atoms. The highest BCUT2D eigenvalue weighted by molar-refractivity contribution is 4.79. The molecule has 1 aliphatic carbocycles. The van der Waals surface area contributed by atoms with Gasteiger partial charge in [0.25, 0.3) is 0 Å². The van der Waals surface area contributed by atoms with Gasteiger partial charge >= 0.3 is 0 Å². The van der Waals surface area contributed by atoms with Gasteiger partial charge in [-0.05, 0) is 25.3 Å². The van der Waals surface area contributed by atoms with Crippen LogP contribution in [0.2, 0.25) is 0 Å². The molecule has 1 N–H and O–H groups in total. The van der Waals surface area contributed by atoms with Crippen LogP contribution in [0.5, 0.6) is 0 Å². The summed E-state index contributed by atoms with van der Waals surface area (Å²) in [5.41, 5.74) is 0. The molecule has 0 radical (unpaired) electrons. The van der Waals surface area contributed by atoms with Crippen molar-refractivity contribution in [3.05, 3.63) is 12.2 Å². The molecule has 1 heterocycles. The number of aromatic nitrogens is 2. The first kappa shape index (κ1) is 8.69. The van der Waals surface area contributed by atoms with Crippen molar-refractivity contribution < 1.29 is 4.52 Å². The maximum atomic E-state index is 4.64. The van der Waals surface area contributed by atoms with Gasteiger partial charge < -0.3 is 9.84 Å². The van der Waals surface area contributed by atoms with E-state index in [2.05, 4.69) is 20.0 Å². The summed E-state index contributed by atoms with van der Waals surface area (Å²) in [5.74, 6) is 1.71. The van der Waals surface area contributed by atoms with E-state index in [1.165, 1.54) is 25.7 Å². The van der Waals surface area contributed by atoms with Gasteiger partial charge in [0.15, 0.2) is 5.82 Å². The SMILES string of the molecule is c1nc(CCNCC2CCC2)no1. The summed E-state index contributed by atoms with van der Waals surface area (Å²) in [6, 6.07) is 0. The van der Waals surface area contributed by atoms with E-state index in [1.54, 1.807) is 0 Å². The van der Waals surface area contributed by atoms with Crippen molar-refractivity contribution in [2.24, 2.45) is 5.92 Å². The largest absolute Gasteiger partial charge is 0.343 e. The van der Waals surface area contributed by atoms with E-state index < -0.39 is 0 Å². The second kappa shape index (κ2) is 4.37. The number of hydrogen-bond donors (Lipinski definition) is 1. The van der Waals surface area contributed by atoms with E-state index in [0.717, 1.165) is 31.3 Å². The molecule has 0 atom stereocenters. The third-order valence-corrected chi connectivity index (χ3v) is 2.59. The third kappa shape index (κ3) is 2.52. The molecule has 1 saturated carbocycles. The van der Waals surface area contributed by atoms with Crippen LogP contribution in [0.15, 0.2) is 10.9 Å². The maximum Gasteiger partial charge on any atom is 0.213 e. The van der Waals surface area contributed by atoms with Gasteiger partial charge in [0.05, 0.1) is 0 Å². The Morgan fingerprint density at radius 3 is 3.08 bits per heavy atom. The Morgan fingerprint density at radius 1 is 1.54 bits per heavy atom. The lowest BCUT2D eigenvalue weighted by Crippen LogP contribution is -2.28. The van der Waals surface area contributed by atoms with Crippen LogP contribution in [0.3, 0.4) is 0 Å². The van der Waals surface area contributed by atoms with Crippen LogP contribution in [-0.2, 0) is 6.42 Å². The van der Waals surface area contributed by atoms with E-state index in [4.69, 9.17) is 0 Å². The van der Waals surface area contributed by atoms with Crippen molar-refractivity contribution in [1.29, 1.82) is 0 Å². The van der Waals surface area contributed by atoms with E-state index in [1.807, 2.05) is 0 Å². The van der Waals surface area contributed by atoms with Gasteiger partial charge in [0.1, 0.15) is 0 Å². The Hall–Kier alpha value is -0.900. The molecule has 0 amide bonds. The predicted molar refractivity (Wildman–Crippen MR) is 48.2 cm³/mol. The van der Waals surface area contributed by atoms with Crippen LogP contribution in [0.25, 0.3) is 0 Å². The van der Waals surface area contributed by atoms with Gasteiger partial charge in [-0.25, -0.2) is 0 Å². The molecule has 0 saturated heterocycles. The Bertz CT molecular complexity index is 231. The fraction of sp³-hybridized carbons (Fsp3) is 0.778. The molecular weight excluding hydrogens is 166 g/mol. The van der Waals surface area contributed by atoms with Crippen molar-refractivity contribution in [3.8, 4) is 0 Å². The zero-order valence-electron chi connectivity index (χ0n) is 7.70. The molecule has 0 aliphatic heterocycles. The first-order chi connectivity index (χ1) is 6.45. The molecule has 1 aliphatic rings. The van der Waals surface area contributed by atoms with Crippen molar-refractivity contribution in [2.45, 2.75) is 25.7 Å². The van der Waals surface area contributed by atoms with Gasteiger partial charge in [0, 0.05) is 13.0 Å². The number of hydrogen-bond acceptors (Lipinski definition) is 4. The molecule has 1 fully saturated rings. The van der Waals surface area contributed by atoms with Gasteiger partial charge in [-0.15, -0.1) is 0 Å². The highest BCUT2D eigenvalue weighted by Crippen LogP contribution is 2.24. The van der Waals surface area contributed by atoms with Crippen LogP contribution >= 0.6 is 0 Å². The van der Waals surface area contributed by atoms with Crippen LogP contribution in [-0.4, -0.2) is 23.2 Å². The fourth-order valence-corrected chi connectivity index (χ4v) is 1.51. The average molecular weight is 181 g/mol. The summed E-state index contributed by atoms with van der Waals surface area (Å²) in [6.07, 6.45) is 6.45. The number of rotatable bonds is 5. The van der Waals surface area contributed by atoms with E-state index >= 15 is 0 Å². The van der Waals surface area contributed by atoms with Gasteiger partial charge in [-0.1, -0.05) is 11.6 Å². The Kier molecular flexibility index (Phi) is 2.92. The van der Waals surface area contributed by atoms with Gasteiger partial charge in [0.2, 0.25) is 6.39 Å². The molecule has 72 valence electrons. The van der Waals surface area contributed by atoms with Crippen LogP contribution in [0.1, 0.15) is 25.1 Å². The summed E-state index contributed by atoms with van der Waals surface area (Å²) in [7, 11) is 0. The first-order valence-electron chi connectivity index (χ1n) is 4.91. The smallest absolute Gasteiger partial charge is 0.213 e. The van der Waals surface area contributed by atoms with Gasteiger partial charge in [-0.2, -0.15) is 4.98 Å². The van der Waals surface area contributed by atoms with Crippen LogP contribution < -0.4 is 5.32 Å². The zero-order chi connectivity index (χ0) is 8.93. The molecule has 0 bridgehead atoms. The van der Waals surface area contributed by atoms with E-state index in [9.17, 15) is 0 Å². The lowest BCUT2D eigenvalue weighted by atomic mass is 9.85. The predicted octanol–water partition coefficient (Wildman–Crippen LogP) is 1.00. The summed E-state index contributed by atoms with van der Waals surface area (Å²) in [4.78, 5) is 3.95. The Morgan fingerprint density at radius 2 is 2.46 bits per heavy atom. The lowest BCUT2D eigenvalue weighted by molar-refractivity contribution is 0.302. The van der Waals surface area contributed by atoms with Crippen molar-refractivity contribution in [2.75, 3.05) is 13.1 Å². The highest BCUT2D eigenvalue weighted by Gasteiger charge is 2.16. The normalized spacial score (nSPS) is 17.2. The molecular formula is C9H15N3O. The second-order valence-electron chi connectivity index (χ2n) is 3.60. The molecule has 2 rings (SSSR count).